The van der Waals surface area contributed by atoms with E-state index < -0.39 is 37.3 Å². The Morgan fingerprint density at radius 1 is 1.31 bits per heavy atom. The van der Waals surface area contributed by atoms with E-state index in [1.165, 1.54) is 0 Å². The summed E-state index contributed by atoms with van der Waals surface area (Å²) in [4.78, 5) is 11.1. The van der Waals surface area contributed by atoms with Gasteiger partial charge in [0.2, 0.25) is 5.91 Å². The van der Waals surface area contributed by atoms with Gasteiger partial charge in [0.15, 0.2) is 6.29 Å². The lowest BCUT2D eigenvalue weighted by Gasteiger charge is -2.40. The van der Waals surface area contributed by atoms with Crippen molar-refractivity contribution in [3.05, 3.63) is 0 Å². The third-order valence-corrected chi connectivity index (χ3v) is 2.55. The molecule has 0 bridgehead atoms. The van der Waals surface area contributed by atoms with Gasteiger partial charge in [0.25, 0.3) is 0 Å². The summed E-state index contributed by atoms with van der Waals surface area (Å²) in [5, 5.41) is 39.8. The van der Waals surface area contributed by atoms with Gasteiger partial charge in [-0.15, -0.1) is 0 Å². The molecule has 0 spiro atoms. The molecule has 1 amide bonds. The third kappa shape index (κ3) is 2.69. The van der Waals surface area contributed by atoms with E-state index in [4.69, 9.17) is 9.84 Å². The molecule has 0 aliphatic carbocycles. The number of rotatable bonds is 3. The summed E-state index contributed by atoms with van der Waals surface area (Å²) >= 11 is 0. The zero-order chi connectivity index (χ0) is 12.3. The average molecular weight is 235 g/mol. The molecule has 1 saturated heterocycles. The zero-order valence-corrected chi connectivity index (χ0v) is 8.91. The Balaban J connectivity index is 2.67. The molecule has 7 nitrogen and oxygen atoms in total. The van der Waals surface area contributed by atoms with Crippen LogP contribution in [0.15, 0.2) is 0 Å². The molecule has 0 radical (unpaired) electrons. The minimum atomic E-state index is -1.45. The molecule has 0 aromatic heterocycles. The molecule has 1 unspecified atom stereocenters. The normalized spacial score (nSPS) is 39.4. The molecule has 0 aromatic carbocycles. The van der Waals surface area contributed by atoms with Crippen LogP contribution in [0, 0.1) is 0 Å². The minimum Gasteiger partial charge on any atom is -0.394 e. The highest BCUT2D eigenvalue weighted by molar-refractivity contribution is 5.76. The first-order valence-corrected chi connectivity index (χ1v) is 5.11. The molecule has 0 aromatic rings. The van der Waals surface area contributed by atoms with E-state index in [1.807, 2.05) is 0 Å². The van der Waals surface area contributed by atoms with Crippen LogP contribution in [0.2, 0.25) is 0 Å². The van der Waals surface area contributed by atoms with Crippen LogP contribution in [0.1, 0.15) is 13.3 Å². The predicted molar refractivity (Wildman–Crippen MR) is 52.2 cm³/mol. The number of hydrogen-bond donors (Lipinski definition) is 5. The van der Waals surface area contributed by atoms with Gasteiger partial charge in [0, 0.05) is 6.42 Å². The lowest BCUT2D eigenvalue weighted by Crippen LogP contribution is -2.64. The smallest absolute Gasteiger partial charge is 0.220 e. The molecule has 94 valence electrons. The highest BCUT2D eigenvalue weighted by Gasteiger charge is 2.44. The molecule has 1 rings (SSSR count). The SMILES string of the molecule is CCC(=O)N[C@@H]1[C@@H](O)[C@@H](O)C(CO)O[C@@H]1O. The average Bonchev–Trinajstić information content (AvgIpc) is 2.28. The van der Waals surface area contributed by atoms with Crippen molar-refractivity contribution in [2.75, 3.05) is 6.61 Å². The number of carbonyl (C=O) groups excluding carboxylic acids is 1. The monoisotopic (exact) mass is 235 g/mol. The van der Waals surface area contributed by atoms with Crippen LogP contribution in [0.25, 0.3) is 0 Å². The van der Waals surface area contributed by atoms with Crippen LogP contribution in [-0.4, -0.2) is 63.6 Å². The fraction of sp³-hybridized carbons (Fsp3) is 0.889. The van der Waals surface area contributed by atoms with Gasteiger partial charge < -0.3 is 30.5 Å². The van der Waals surface area contributed by atoms with Crippen LogP contribution >= 0.6 is 0 Å². The molecular formula is C9H17NO6. The van der Waals surface area contributed by atoms with Crippen LogP contribution < -0.4 is 5.32 Å². The predicted octanol–water partition coefficient (Wildman–Crippen LogP) is -2.69. The van der Waals surface area contributed by atoms with Crippen molar-refractivity contribution in [2.24, 2.45) is 0 Å². The maximum absolute atomic E-state index is 11.1. The molecule has 16 heavy (non-hydrogen) atoms. The molecule has 1 heterocycles. The Bertz CT molecular complexity index is 248. The first-order chi connectivity index (χ1) is 7.51. The second-order valence-corrected chi connectivity index (χ2v) is 3.68. The van der Waals surface area contributed by atoms with Gasteiger partial charge in [0.05, 0.1) is 6.61 Å². The van der Waals surface area contributed by atoms with E-state index in [0.29, 0.717) is 0 Å². The Hall–Kier alpha value is -0.730. The summed E-state index contributed by atoms with van der Waals surface area (Å²) in [5.41, 5.74) is 0. The van der Waals surface area contributed by atoms with E-state index >= 15 is 0 Å². The molecule has 0 saturated carbocycles. The quantitative estimate of drug-likeness (QED) is 0.363. The van der Waals surface area contributed by atoms with Gasteiger partial charge in [-0.2, -0.15) is 0 Å². The van der Waals surface area contributed by atoms with Crippen molar-refractivity contribution in [1.82, 2.24) is 5.32 Å². The first-order valence-electron chi connectivity index (χ1n) is 5.11. The number of carbonyl (C=O) groups is 1. The van der Waals surface area contributed by atoms with E-state index in [9.17, 15) is 20.1 Å². The van der Waals surface area contributed by atoms with Crippen LogP contribution in [0.3, 0.4) is 0 Å². The van der Waals surface area contributed by atoms with Crippen molar-refractivity contribution in [3.63, 3.8) is 0 Å². The summed E-state index contributed by atoms with van der Waals surface area (Å²) in [6.45, 7) is 1.09. The highest BCUT2D eigenvalue weighted by atomic mass is 16.6. The van der Waals surface area contributed by atoms with Gasteiger partial charge >= 0.3 is 0 Å². The number of ether oxygens (including phenoxy) is 1. The molecule has 7 heteroatoms. The van der Waals surface area contributed by atoms with Crippen molar-refractivity contribution in [1.29, 1.82) is 0 Å². The van der Waals surface area contributed by atoms with E-state index in [0.717, 1.165) is 0 Å². The maximum Gasteiger partial charge on any atom is 0.220 e. The fourth-order valence-electron chi connectivity index (χ4n) is 1.54. The lowest BCUT2D eigenvalue weighted by atomic mass is 9.97. The second-order valence-electron chi connectivity index (χ2n) is 3.68. The van der Waals surface area contributed by atoms with E-state index in [-0.39, 0.29) is 12.3 Å². The van der Waals surface area contributed by atoms with Crippen molar-refractivity contribution in [2.45, 2.75) is 44.0 Å². The Morgan fingerprint density at radius 3 is 2.44 bits per heavy atom. The van der Waals surface area contributed by atoms with E-state index in [2.05, 4.69) is 5.32 Å². The van der Waals surface area contributed by atoms with Crippen LogP contribution in [0.4, 0.5) is 0 Å². The Morgan fingerprint density at radius 2 is 1.94 bits per heavy atom. The summed E-state index contributed by atoms with van der Waals surface area (Å²) in [6.07, 6.45) is -5.05. The highest BCUT2D eigenvalue weighted by Crippen LogP contribution is 2.19. The van der Waals surface area contributed by atoms with E-state index in [1.54, 1.807) is 6.92 Å². The first kappa shape index (κ1) is 13.3. The number of nitrogens with one attached hydrogen (secondary N) is 1. The summed E-state index contributed by atoms with van der Waals surface area (Å²) in [7, 11) is 0. The van der Waals surface area contributed by atoms with Crippen molar-refractivity contribution < 1.29 is 30.0 Å². The van der Waals surface area contributed by atoms with Gasteiger partial charge in [-0.25, -0.2) is 0 Å². The molecule has 1 aliphatic heterocycles. The maximum atomic E-state index is 11.1. The largest absolute Gasteiger partial charge is 0.394 e. The van der Waals surface area contributed by atoms with Crippen molar-refractivity contribution >= 4 is 5.91 Å². The van der Waals surface area contributed by atoms with Crippen LogP contribution in [-0.2, 0) is 9.53 Å². The number of amides is 1. The lowest BCUT2D eigenvalue weighted by molar-refractivity contribution is -0.253. The topological polar surface area (TPSA) is 119 Å². The molecule has 1 fully saturated rings. The molecule has 1 aliphatic rings. The number of aliphatic hydroxyl groups is 4. The Labute approximate surface area is 92.7 Å². The number of hydrogen-bond acceptors (Lipinski definition) is 6. The summed E-state index contributed by atoms with van der Waals surface area (Å²) in [6, 6.07) is -1.09. The Kier molecular flexibility index (Phi) is 4.63. The molecular weight excluding hydrogens is 218 g/mol. The van der Waals surface area contributed by atoms with Crippen LogP contribution in [0.5, 0.6) is 0 Å². The van der Waals surface area contributed by atoms with Crippen molar-refractivity contribution in [3.8, 4) is 0 Å². The second kappa shape index (κ2) is 5.55. The minimum absolute atomic E-state index is 0.190. The molecule has 5 atom stereocenters. The van der Waals surface area contributed by atoms with Gasteiger partial charge in [-0.05, 0) is 0 Å². The van der Waals surface area contributed by atoms with Gasteiger partial charge in [-0.3, -0.25) is 4.79 Å². The number of aliphatic hydroxyl groups excluding tert-OH is 4. The zero-order valence-electron chi connectivity index (χ0n) is 8.91. The standard InChI is InChI=1S/C9H17NO6/c1-2-5(12)10-6-8(14)7(13)4(3-11)16-9(6)15/h4,6-9,11,13-15H,2-3H2,1H3,(H,10,12)/t4?,6-,7+,8-,9+/m1/s1. The van der Waals surface area contributed by atoms with Gasteiger partial charge in [-0.1, -0.05) is 6.92 Å². The van der Waals surface area contributed by atoms with Gasteiger partial charge in [0.1, 0.15) is 24.4 Å². The summed E-state index contributed by atoms with van der Waals surface area (Å²) < 4.78 is 4.86. The summed E-state index contributed by atoms with van der Waals surface area (Å²) in [5.74, 6) is -0.374. The molecule has 5 N–H and O–H groups in total. The fourth-order valence-corrected chi connectivity index (χ4v) is 1.54. The third-order valence-electron chi connectivity index (χ3n) is 2.55.